The lowest BCUT2D eigenvalue weighted by Crippen LogP contribution is -2.27. The van der Waals surface area contributed by atoms with Gasteiger partial charge in [0.25, 0.3) is 0 Å². The summed E-state index contributed by atoms with van der Waals surface area (Å²) in [5.41, 5.74) is 0.864. The van der Waals surface area contributed by atoms with E-state index in [2.05, 4.69) is 34.3 Å². The largest absolute Gasteiger partial charge is 0.497 e. The van der Waals surface area contributed by atoms with Crippen molar-refractivity contribution in [2.75, 3.05) is 12.4 Å². The second kappa shape index (κ2) is 7.86. The van der Waals surface area contributed by atoms with Crippen LogP contribution in [0.4, 0.5) is 5.95 Å². The smallest absolute Gasteiger partial charge is 0.249 e. The van der Waals surface area contributed by atoms with Gasteiger partial charge in [-0.3, -0.25) is 15.2 Å². The first-order valence-corrected chi connectivity index (χ1v) is 8.57. The molecule has 2 N–H and O–H groups in total. The maximum Gasteiger partial charge on any atom is 0.249 e. The molecule has 1 aromatic carbocycles. The van der Waals surface area contributed by atoms with Crippen molar-refractivity contribution in [3.8, 4) is 17.1 Å². The summed E-state index contributed by atoms with van der Waals surface area (Å²) in [7, 11) is 1.62. The van der Waals surface area contributed by atoms with E-state index in [1.807, 2.05) is 53.4 Å². The fourth-order valence-corrected chi connectivity index (χ4v) is 2.76. The lowest BCUT2D eigenvalue weighted by Gasteiger charge is -2.19. The maximum atomic E-state index is 12.7. The van der Waals surface area contributed by atoms with E-state index < -0.39 is 0 Å². The van der Waals surface area contributed by atoms with Crippen molar-refractivity contribution in [1.29, 1.82) is 0 Å². The number of H-pyrrole nitrogens is 1. The van der Waals surface area contributed by atoms with Gasteiger partial charge in [-0.1, -0.05) is 13.8 Å². The Labute approximate surface area is 152 Å². The average Bonchev–Trinajstić information content (AvgIpc) is 3.31. The molecule has 0 bridgehead atoms. The number of carbonyl (C=O) groups is 1. The van der Waals surface area contributed by atoms with Gasteiger partial charge in [-0.15, -0.1) is 5.10 Å². The molecule has 2 heterocycles. The Balaban J connectivity index is 1.73. The molecule has 0 radical (unpaired) electrons. The van der Waals surface area contributed by atoms with Crippen molar-refractivity contribution in [3.05, 3.63) is 48.8 Å². The fourth-order valence-electron chi connectivity index (χ4n) is 2.76. The molecule has 0 fully saturated rings. The van der Waals surface area contributed by atoms with E-state index in [0.717, 1.165) is 17.7 Å². The van der Waals surface area contributed by atoms with E-state index >= 15 is 0 Å². The molecule has 0 saturated heterocycles. The number of hydrogen-bond donors (Lipinski definition) is 2. The molecule has 0 unspecified atom stereocenters. The zero-order chi connectivity index (χ0) is 18.5. The van der Waals surface area contributed by atoms with Crippen LogP contribution < -0.4 is 10.1 Å². The van der Waals surface area contributed by atoms with Gasteiger partial charge < -0.3 is 9.30 Å². The molecular formula is C19H23N5O2. The summed E-state index contributed by atoms with van der Waals surface area (Å²) in [5.74, 6) is 1.88. The number of methoxy groups -OCH3 is 1. The minimum Gasteiger partial charge on any atom is -0.497 e. The van der Waals surface area contributed by atoms with Crippen LogP contribution in [0.1, 0.15) is 26.3 Å². The van der Waals surface area contributed by atoms with Gasteiger partial charge in [-0.25, -0.2) is 0 Å². The van der Waals surface area contributed by atoms with Gasteiger partial charge in [0, 0.05) is 18.0 Å². The zero-order valence-electron chi connectivity index (χ0n) is 15.1. The number of amides is 1. The summed E-state index contributed by atoms with van der Waals surface area (Å²) in [6, 6.07) is 11.0. The third-order valence-corrected chi connectivity index (χ3v) is 4.07. The van der Waals surface area contributed by atoms with Crippen molar-refractivity contribution >= 4 is 11.9 Å². The number of nitrogens with one attached hydrogen (secondary N) is 2. The summed E-state index contributed by atoms with van der Waals surface area (Å²) in [6.45, 7) is 4.19. The highest BCUT2D eigenvalue weighted by Gasteiger charge is 2.22. The fraction of sp³-hybridized carbons (Fsp3) is 0.316. The third-order valence-electron chi connectivity index (χ3n) is 4.07. The first-order valence-electron chi connectivity index (χ1n) is 8.57. The van der Waals surface area contributed by atoms with E-state index in [1.54, 1.807) is 7.11 Å². The van der Waals surface area contributed by atoms with Gasteiger partial charge in [0.2, 0.25) is 11.9 Å². The number of ether oxygens (including phenoxy) is 1. The number of aromatic amines is 1. The van der Waals surface area contributed by atoms with Crippen LogP contribution in [0.5, 0.6) is 5.75 Å². The Bertz CT molecular complexity index is 837. The topological polar surface area (TPSA) is 84.8 Å². The van der Waals surface area contributed by atoms with Gasteiger partial charge in [0.15, 0.2) is 5.82 Å². The van der Waals surface area contributed by atoms with Crippen molar-refractivity contribution in [1.82, 2.24) is 19.7 Å². The molecule has 0 saturated carbocycles. The van der Waals surface area contributed by atoms with Gasteiger partial charge >= 0.3 is 0 Å². The molecule has 0 spiro atoms. The highest BCUT2D eigenvalue weighted by Crippen LogP contribution is 2.22. The van der Waals surface area contributed by atoms with E-state index in [-0.39, 0.29) is 17.9 Å². The number of anilines is 1. The summed E-state index contributed by atoms with van der Waals surface area (Å²) in [6.07, 6.45) is 4.52. The molecule has 136 valence electrons. The Morgan fingerprint density at radius 2 is 1.92 bits per heavy atom. The predicted molar refractivity (Wildman–Crippen MR) is 99.9 cm³/mol. The summed E-state index contributed by atoms with van der Waals surface area (Å²) < 4.78 is 7.06. The molecule has 26 heavy (non-hydrogen) atoms. The molecule has 7 nitrogen and oxygen atoms in total. The predicted octanol–water partition coefficient (Wildman–Crippen LogP) is 3.51. The second-order valence-corrected chi connectivity index (χ2v) is 6.50. The molecule has 3 aromatic rings. The maximum absolute atomic E-state index is 12.7. The Morgan fingerprint density at radius 3 is 2.54 bits per heavy atom. The van der Waals surface area contributed by atoms with E-state index in [0.29, 0.717) is 11.7 Å². The Kier molecular flexibility index (Phi) is 5.36. The number of carbonyl (C=O) groups excluding carboxylic acids is 1. The summed E-state index contributed by atoms with van der Waals surface area (Å²) >= 11 is 0. The van der Waals surface area contributed by atoms with Crippen LogP contribution in [-0.4, -0.2) is 32.8 Å². The molecule has 1 atom stereocenters. The third kappa shape index (κ3) is 4.11. The van der Waals surface area contributed by atoms with Crippen LogP contribution in [0.25, 0.3) is 11.4 Å². The number of rotatable bonds is 7. The van der Waals surface area contributed by atoms with Crippen molar-refractivity contribution < 1.29 is 9.53 Å². The standard InChI is InChI=1S/C19H23N5O2/c1-13(2)12-16(24-10-4-5-11-24)18(25)21-19-20-17(22-23-19)14-6-8-15(26-3)9-7-14/h4-11,13,16H,12H2,1-3H3,(H2,20,21,22,23,25)/t16-/m1/s1. The second-order valence-electron chi connectivity index (χ2n) is 6.50. The molecular weight excluding hydrogens is 330 g/mol. The van der Waals surface area contributed by atoms with E-state index in [9.17, 15) is 4.79 Å². The van der Waals surface area contributed by atoms with Crippen molar-refractivity contribution in [2.24, 2.45) is 5.92 Å². The van der Waals surface area contributed by atoms with Crippen LogP contribution in [0, 0.1) is 5.92 Å². The normalized spacial score (nSPS) is 12.2. The van der Waals surface area contributed by atoms with Crippen molar-refractivity contribution in [2.45, 2.75) is 26.3 Å². The van der Waals surface area contributed by atoms with Gasteiger partial charge in [-0.2, -0.15) is 4.98 Å². The molecule has 0 aliphatic rings. The van der Waals surface area contributed by atoms with Gasteiger partial charge in [0.05, 0.1) is 7.11 Å². The number of benzene rings is 1. The van der Waals surface area contributed by atoms with Crippen LogP contribution in [-0.2, 0) is 4.79 Å². The molecule has 7 heteroatoms. The van der Waals surface area contributed by atoms with Crippen LogP contribution >= 0.6 is 0 Å². The minimum absolute atomic E-state index is 0.129. The molecule has 2 aromatic heterocycles. The molecule has 0 aliphatic heterocycles. The van der Waals surface area contributed by atoms with E-state index in [1.165, 1.54) is 0 Å². The van der Waals surface area contributed by atoms with E-state index in [4.69, 9.17) is 4.74 Å². The van der Waals surface area contributed by atoms with Crippen LogP contribution in [0.2, 0.25) is 0 Å². The Morgan fingerprint density at radius 1 is 1.23 bits per heavy atom. The first kappa shape index (κ1) is 17.7. The number of aromatic nitrogens is 4. The molecule has 1 amide bonds. The monoisotopic (exact) mass is 353 g/mol. The SMILES string of the molecule is COc1ccc(-c2nc(NC(=O)[C@@H](CC(C)C)n3cccc3)n[nH]2)cc1. The van der Waals surface area contributed by atoms with Crippen molar-refractivity contribution in [3.63, 3.8) is 0 Å². The highest BCUT2D eigenvalue weighted by atomic mass is 16.5. The quantitative estimate of drug-likeness (QED) is 0.681. The van der Waals surface area contributed by atoms with Gasteiger partial charge in [-0.05, 0) is 48.7 Å². The average molecular weight is 353 g/mol. The highest BCUT2D eigenvalue weighted by molar-refractivity contribution is 5.92. The minimum atomic E-state index is -0.298. The number of hydrogen-bond acceptors (Lipinski definition) is 4. The molecule has 3 rings (SSSR count). The zero-order valence-corrected chi connectivity index (χ0v) is 15.1. The Hall–Kier alpha value is -3.09. The number of nitrogens with zero attached hydrogens (tertiary/aromatic N) is 3. The molecule has 0 aliphatic carbocycles. The summed E-state index contributed by atoms with van der Waals surface area (Å²) in [4.78, 5) is 17.1. The first-order chi connectivity index (χ1) is 12.6. The summed E-state index contributed by atoms with van der Waals surface area (Å²) in [5, 5.41) is 9.78. The lowest BCUT2D eigenvalue weighted by molar-refractivity contribution is -0.119. The van der Waals surface area contributed by atoms with Crippen LogP contribution in [0.15, 0.2) is 48.8 Å². The van der Waals surface area contributed by atoms with Gasteiger partial charge in [0.1, 0.15) is 11.8 Å². The lowest BCUT2D eigenvalue weighted by atomic mass is 10.0. The van der Waals surface area contributed by atoms with Crippen LogP contribution in [0.3, 0.4) is 0 Å².